The fraction of sp³-hybridized carbons (Fsp3) is 0.714. The normalized spacial score (nSPS) is 20.5. The van der Waals surface area contributed by atoms with Crippen LogP contribution in [0.15, 0.2) is 23.8 Å². The van der Waals surface area contributed by atoms with E-state index in [0.717, 1.165) is 61.8 Å². The summed E-state index contributed by atoms with van der Waals surface area (Å²) in [6.07, 6.45) is 9.31. The topological polar surface area (TPSA) is 61.8 Å². The van der Waals surface area contributed by atoms with Gasteiger partial charge < -0.3 is 14.2 Å². The van der Waals surface area contributed by atoms with Gasteiger partial charge >= 0.3 is 11.9 Å². The monoisotopic (exact) mass is 554 g/mol. The molecule has 1 aromatic rings. The number of benzene rings is 1. The summed E-state index contributed by atoms with van der Waals surface area (Å²) in [7, 11) is 0. The number of carbonyl (C=O) groups is 2. The highest BCUT2D eigenvalue weighted by atomic mass is 16.5. The minimum Gasteiger partial charge on any atom is -0.487 e. The van der Waals surface area contributed by atoms with E-state index >= 15 is 0 Å². The van der Waals surface area contributed by atoms with Crippen LogP contribution in [0.4, 0.5) is 0 Å². The van der Waals surface area contributed by atoms with Crippen LogP contribution in [0.25, 0.3) is 0 Å². The van der Waals surface area contributed by atoms with E-state index in [1.165, 1.54) is 5.57 Å². The van der Waals surface area contributed by atoms with Crippen LogP contribution in [0, 0.1) is 16.7 Å². The minimum absolute atomic E-state index is 0.122. The van der Waals surface area contributed by atoms with Crippen LogP contribution in [-0.4, -0.2) is 24.1 Å². The molecule has 0 spiro atoms. The molecule has 0 amide bonds. The Morgan fingerprint density at radius 1 is 0.925 bits per heavy atom. The number of esters is 2. The second-order valence-corrected chi connectivity index (χ2v) is 15.4. The molecule has 1 heterocycles. The van der Waals surface area contributed by atoms with Crippen LogP contribution in [0.3, 0.4) is 0 Å². The molecule has 2 aliphatic rings. The smallest absolute Gasteiger partial charge is 0.316 e. The Balaban J connectivity index is 1.79. The molecule has 40 heavy (non-hydrogen) atoms. The first kappa shape index (κ1) is 32.2. The van der Waals surface area contributed by atoms with Crippen molar-refractivity contribution in [2.45, 2.75) is 138 Å². The molecule has 0 saturated heterocycles. The number of ether oxygens (including phenoxy) is 3. The number of allylic oxidation sites excluding steroid dienone is 2. The van der Waals surface area contributed by atoms with Crippen molar-refractivity contribution in [3.63, 3.8) is 0 Å². The van der Waals surface area contributed by atoms with Crippen LogP contribution in [-0.2, 0) is 19.7 Å². The third-order valence-electron chi connectivity index (χ3n) is 8.63. The summed E-state index contributed by atoms with van der Waals surface area (Å²) in [6, 6.07) is 4.32. The van der Waals surface area contributed by atoms with Gasteiger partial charge in [-0.15, -0.1) is 0 Å². The number of hydrogen-bond donors (Lipinski definition) is 0. The van der Waals surface area contributed by atoms with Crippen molar-refractivity contribution in [1.29, 1.82) is 0 Å². The third-order valence-corrected chi connectivity index (χ3v) is 8.63. The Morgan fingerprint density at radius 2 is 1.55 bits per heavy atom. The zero-order valence-corrected chi connectivity index (χ0v) is 27.1. The van der Waals surface area contributed by atoms with E-state index < -0.39 is 10.8 Å². The first-order chi connectivity index (χ1) is 18.3. The molecule has 5 heteroatoms. The summed E-state index contributed by atoms with van der Waals surface area (Å²) < 4.78 is 18.3. The van der Waals surface area contributed by atoms with E-state index in [4.69, 9.17) is 14.2 Å². The number of hydrogen-bond acceptors (Lipinski definition) is 5. The molecule has 1 aliphatic heterocycles. The van der Waals surface area contributed by atoms with Gasteiger partial charge in [0.15, 0.2) is 0 Å². The van der Waals surface area contributed by atoms with E-state index in [2.05, 4.69) is 52.8 Å². The van der Waals surface area contributed by atoms with Crippen molar-refractivity contribution in [2.75, 3.05) is 6.61 Å². The summed E-state index contributed by atoms with van der Waals surface area (Å²) in [5, 5.41) is 0. The van der Waals surface area contributed by atoms with Crippen LogP contribution in [0.1, 0.15) is 138 Å². The fourth-order valence-corrected chi connectivity index (χ4v) is 5.82. The van der Waals surface area contributed by atoms with Crippen LogP contribution in [0.2, 0.25) is 0 Å². The second kappa shape index (κ2) is 11.9. The van der Waals surface area contributed by atoms with Crippen molar-refractivity contribution >= 4 is 11.9 Å². The van der Waals surface area contributed by atoms with E-state index in [1.54, 1.807) is 0 Å². The molecule has 1 unspecified atom stereocenters. The molecule has 3 rings (SSSR count). The number of rotatable bonds is 9. The second-order valence-electron chi connectivity index (χ2n) is 15.4. The maximum Gasteiger partial charge on any atom is 0.316 e. The van der Waals surface area contributed by atoms with Crippen LogP contribution in [0.5, 0.6) is 11.5 Å². The van der Waals surface area contributed by atoms with E-state index in [1.807, 2.05) is 41.5 Å². The Labute approximate surface area is 243 Å². The summed E-state index contributed by atoms with van der Waals surface area (Å²) in [6.45, 7) is 22.9. The van der Waals surface area contributed by atoms with Gasteiger partial charge in [-0.05, 0) is 111 Å². The molecule has 0 fully saturated rings. The number of fused-ring (bicyclic) bond motifs is 3. The van der Waals surface area contributed by atoms with Crippen molar-refractivity contribution in [3.8, 4) is 11.5 Å². The van der Waals surface area contributed by atoms with Gasteiger partial charge in [0, 0.05) is 17.4 Å². The van der Waals surface area contributed by atoms with E-state index in [0.29, 0.717) is 18.3 Å². The van der Waals surface area contributed by atoms with Crippen molar-refractivity contribution in [3.05, 3.63) is 34.9 Å². The predicted molar refractivity (Wildman–Crippen MR) is 162 cm³/mol. The molecule has 0 N–H and O–H groups in total. The lowest BCUT2D eigenvalue weighted by molar-refractivity contribution is -0.153. The summed E-state index contributed by atoms with van der Waals surface area (Å²) >= 11 is 0. The van der Waals surface area contributed by atoms with Crippen LogP contribution >= 0.6 is 0 Å². The SMILES string of the molecule is CC1=CCC2[C@@H](C1)c1c(OC(=O)C(C)(C)C)cc(C(C)(C)CCCCCCOC(=O)C(C)(C)C)cc1OC2(C)C. The molecular weight excluding hydrogens is 500 g/mol. The first-order valence-electron chi connectivity index (χ1n) is 15.3. The van der Waals surface area contributed by atoms with Crippen LogP contribution < -0.4 is 9.47 Å². The lowest BCUT2D eigenvalue weighted by Gasteiger charge is -2.47. The van der Waals surface area contributed by atoms with Gasteiger partial charge in [0.05, 0.1) is 17.4 Å². The average Bonchev–Trinajstić information content (AvgIpc) is 2.81. The maximum absolute atomic E-state index is 13.1. The van der Waals surface area contributed by atoms with E-state index in [-0.39, 0.29) is 28.9 Å². The quantitative estimate of drug-likeness (QED) is 0.132. The van der Waals surface area contributed by atoms with Crippen molar-refractivity contribution in [1.82, 2.24) is 0 Å². The molecule has 1 aliphatic carbocycles. The number of carbonyl (C=O) groups excluding carboxylic acids is 2. The Morgan fingerprint density at radius 3 is 2.17 bits per heavy atom. The minimum atomic E-state index is -0.601. The molecule has 1 aromatic carbocycles. The van der Waals surface area contributed by atoms with E-state index in [9.17, 15) is 9.59 Å². The van der Waals surface area contributed by atoms with Gasteiger partial charge in [-0.25, -0.2) is 0 Å². The third kappa shape index (κ3) is 7.70. The molecule has 0 saturated carbocycles. The fourth-order valence-electron chi connectivity index (χ4n) is 5.82. The molecule has 5 nitrogen and oxygen atoms in total. The van der Waals surface area contributed by atoms with Gasteiger partial charge in [-0.1, -0.05) is 44.8 Å². The largest absolute Gasteiger partial charge is 0.487 e. The highest BCUT2D eigenvalue weighted by Crippen LogP contribution is 2.55. The first-order valence-corrected chi connectivity index (χ1v) is 15.3. The molecule has 0 aromatic heterocycles. The number of unbranched alkanes of at least 4 members (excludes halogenated alkanes) is 3. The Hall–Kier alpha value is -2.30. The summed E-state index contributed by atoms with van der Waals surface area (Å²) in [4.78, 5) is 25.1. The van der Waals surface area contributed by atoms with Gasteiger partial charge in [-0.3, -0.25) is 9.59 Å². The average molecular weight is 555 g/mol. The summed E-state index contributed by atoms with van der Waals surface area (Å²) in [5.41, 5.74) is 2.10. The Bertz CT molecular complexity index is 1110. The predicted octanol–water partition coefficient (Wildman–Crippen LogP) is 9.07. The maximum atomic E-state index is 13.1. The molecular formula is C35H54O5. The molecule has 224 valence electrons. The van der Waals surface area contributed by atoms with Gasteiger partial charge in [0.2, 0.25) is 0 Å². The summed E-state index contributed by atoms with van der Waals surface area (Å²) in [5.74, 6) is 1.76. The molecule has 0 bridgehead atoms. The highest BCUT2D eigenvalue weighted by molar-refractivity contribution is 5.79. The Kier molecular flexibility index (Phi) is 9.58. The standard InChI is InChI=1S/C35H54O5/c1-23-16-17-26-25(20-23)29-27(39-31(37)33(5,6)7)21-24(22-28(29)40-35(26,10)11)34(8,9)18-14-12-13-15-19-38-30(36)32(2,3)4/h16,21-22,25-26H,12-15,17-20H2,1-11H3/t25-,26?/m1/s1. The van der Waals surface area contributed by atoms with Gasteiger partial charge in [-0.2, -0.15) is 0 Å². The zero-order chi connectivity index (χ0) is 30.1. The zero-order valence-electron chi connectivity index (χ0n) is 27.1. The lowest BCUT2D eigenvalue weighted by atomic mass is 9.66. The van der Waals surface area contributed by atoms with Crippen molar-refractivity contribution in [2.24, 2.45) is 16.7 Å². The van der Waals surface area contributed by atoms with Gasteiger partial charge in [0.25, 0.3) is 0 Å². The highest BCUT2D eigenvalue weighted by Gasteiger charge is 2.46. The van der Waals surface area contributed by atoms with Gasteiger partial charge in [0.1, 0.15) is 17.1 Å². The molecule has 2 atom stereocenters. The van der Waals surface area contributed by atoms with Crippen molar-refractivity contribution < 1.29 is 23.8 Å². The lowest BCUT2D eigenvalue weighted by Crippen LogP contribution is -2.45. The molecule has 0 radical (unpaired) electrons.